The summed E-state index contributed by atoms with van der Waals surface area (Å²) < 4.78 is 13.7. The van der Waals surface area contributed by atoms with Crippen molar-refractivity contribution in [3.05, 3.63) is 53.1 Å². The van der Waals surface area contributed by atoms with Crippen LogP contribution in [0.1, 0.15) is 29.7 Å². The summed E-state index contributed by atoms with van der Waals surface area (Å²) in [6, 6.07) is 5.44. The smallest absolute Gasteiger partial charge is 0.225 e. The first kappa shape index (κ1) is 17.8. The van der Waals surface area contributed by atoms with E-state index < -0.39 is 0 Å². The van der Waals surface area contributed by atoms with Crippen LogP contribution in [0.3, 0.4) is 0 Å². The van der Waals surface area contributed by atoms with E-state index in [2.05, 4.69) is 32.1 Å². The van der Waals surface area contributed by atoms with E-state index >= 15 is 0 Å². The molecule has 0 spiro atoms. The van der Waals surface area contributed by atoms with Crippen LogP contribution in [0.25, 0.3) is 0 Å². The summed E-state index contributed by atoms with van der Waals surface area (Å²) in [6.45, 7) is 8.46. The van der Waals surface area contributed by atoms with Gasteiger partial charge in [0.2, 0.25) is 5.95 Å². The van der Waals surface area contributed by atoms with Gasteiger partial charge in [-0.25, -0.2) is 14.4 Å². The molecule has 3 rings (SSSR count). The lowest BCUT2D eigenvalue weighted by atomic mass is 10.1. The molecule has 0 bridgehead atoms. The number of anilines is 1. The van der Waals surface area contributed by atoms with Gasteiger partial charge < -0.3 is 15.1 Å². The summed E-state index contributed by atoms with van der Waals surface area (Å²) >= 11 is 0. The molecule has 1 N–H and O–H groups in total. The molecule has 1 unspecified atom stereocenters. The maximum atomic E-state index is 13.7. The van der Waals surface area contributed by atoms with Crippen molar-refractivity contribution >= 4 is 5.95 Å². The van der Waals surface area contributed by atoms with Crippen LogP contribution in [0.15, 0.2) is 30.6 Å². The van der Waals surface area contributed by atoms with E-state index in [9.17, 15) is 4.39 Å². The maximum Gasteiger partial charge on any atom is 0.225 e. The lowest BCUT2D eigenvalue weighted by Gasteiger charge is -2.32. The number of benzene rings is 1. The Labute approximate surface area is 148 Å². The van der Waals surface area contributed by atoms with Gasteiger partial charge in [0.05, 0.1) is 0 Å². The molecule has 1 aliphatic rings. The Kier molecular flexibility index (Phi) is 5.60. The molecule has 5 nitrogen and oxygen atoms in total. The second-order valence-electron chi connectivity index (χ2n) is 6.79. The molecule has 2 aromatic rings. The van der Waals surface area contributed by atoms with E-state index in [-0.39, 0.29) is 11.9 Å². The summed E-state index contributed by atoms with van der Waals surface area (Å²) in [7, 11) is 2.13. The maximum absolute atomic E-state index is 13.7. The van der Waals surface area contributed by atoms with Gasteiger partial charge in [-0.2, -0.15) is 0 Å². The van der Waals surface area contributed by atoms with Gasteiger partial charge >= 0.3 is 0 Å². The van der Waals surface area contributed by atoms with Crippen molar-refractivity contribution in [1.82, 2.24) is 20.2 Å². The summed E-state index contributed by atoms with van der Waals surface area (Å²) in [5, 5.41) is 3.40. The molecule has 1 atom stereocenters. The van der Waals surface area contributed by atoms with Gasteiger partial charge in [0.15, 0.2) is 0 Å². The molecule has 1 saturated heterocycles. The minimum atomic E-state index is -0.161. The molecule has 0 aliphatic carbocycles. The third kappa shape index (κ3) is 4.52. The lowest BCUT2D eigenvalue weighted by molar-refractivity contribution is 0.311. The van der Waals surface area contributed by atoms with Gasteiger partial charge in [-0.3, -0.25) is 0 Å². The van der Waals surface area contributed by atoms with Crippen molar-refractivity contribution in [1.29, 1.82) is 0 Å². The Balaban J connectivity index is 1.55. The number of aryl methyl sites for hydroxylation is 1. The molecule has 2 heterocycles. The molecular weight excluding hydrogens is 317 g/mol. The number of nitrogens with zero attached hydrogens (tertiary/aromatic N) is 4. The molecule has 0 amide bonds. The minimum absolute atomic E-state index is 0.0624. The zero-order chi connectivity index (χ0) is 17.8. The molecule has 6 heteroatoms. The number of nitrogens with one attached hydrogen (secondary N) is 1. The topological polar surface area (TPSA) is 44.3 Å². The zero-order valence-electron chi connectivity index (χ0n) is 15.2. The number of rotatable bonds is 5. The van der Waals surface area contributed by atoms with Crippen LogP contribution in [-0.4, -0.2) is 48.1 Å². The summed E-state index contributed by atoms with van der Waals surface area (Å²) in [4.78, 5) is 13.5. The van der Waals surface area contributed by atoms with E-state index in [0.717, 1.165) is 43.3 Å². The third-order valence-corrected chi connectivity index (χ3v) is 4.79. The molecule has 1 aromatic carbocycles. The quantitative estimate of drug-likeness (QED) is 0.904. The average Bonchev–Trinajstić information content (AvgIpc) is 2.63. The zero-order valence-corrected chi connectivity index (χ0v) is 15.2. The Morgan fingerprint density at radius 3 is 2.48 bits per heavy atom. The van der Waals surface area contributed by atoms with Crippen molar-refractivity contribution in [2.75, 3.05) is 38.1 Å². The van der Waals surface area contributed by atoms with Crippen molar-refractivity contribution in [3.63, 3.8) is 0 Å². The van der Waals surface area contributed by atoms with Crippen LogP contribution >= 0.6 is 0 Å². The van der Waals surface area contributed by atoms with E-state index in [1.807, 2.05) is 31.5 Å². The van der Waals surface area contributed by atoms with Crippen LogP contribution in [-0.2, 0) is 6.54 Å². The van der Waals surface area contributed by atoms with E-state index in [1.165, 1.54) is 0 Å². The van der Waals surface area contributed by atoms with Crippen molar-refractivity contribution in [2.24, 2.45) is 0 Å². The van der Waals surface area contributed by atoms with Crippen LogP contribution in [0.2, 0.25) is 0 Å². The average molecular weight is 343 g/mol. The van der Waals surface area contributed by atoms with Gasteiger partial charge in [-0.05, 0) is 38.1 Å². The number of aromatic nitrogens is 2. The van der Waals surface area contributed by atoms with Crippen molar-refractivity contribution in [2.45, 2.75) is 26.4 Å². The third-order valence-electron chi connectivity index (χ3n) is 4.79. The molecular formula is C19H26FN5. The second kappa shape index (κ2) is 7.89. The minimum Gasteiger partial charge on any atom is -0.338 e. The van der Waals surface area contributed by atoms with E-state index in [4.69, 9.17) is 0 Å². The highest BCUT2D eigenvalue weighted by molar-refractivity contribution is 5.31. The molecule has 134 valence electrons. The summed E-state index contributed by atoms with van der Waals surface area (Å²) in [5.41, 5.74) is 2.64. The number of likely N-dealkylation sites (N-methyl/N-ethyl adjacent to an activating group) is 1. The predicted molar refractivity (Wildman–Crippen MR) is 98.1 cm³/mol. The van der Waals surface area contributed by atoms with Gasteiger partial charge in [0.25, 0.3) is 0 Å². The highest BCUT2D eigenvalue weighted by Crippen LogP contribution is 2.17. The van der Waals surface area contributed by atoms with E-state index in [1.54, 1.807) is 13.0 Å². The number of piperazine rings is 1. The van der Waals surface area contributed by atoms with Crippen molar-refractivity contribution in [3.8, 4) is 0 Å². The molecule has 0 radical (unpaired) electrons. The Bertz CT molecular complexity index is 695. The van der Waals surface area contributed by atoms with Gasteiger partial charge in [0.1, 0.15) is 5.82 Å². The molecule has 1 aromatic heterocycles. The fourth-order valence-electron chi connectivity index (χ4n) is 2.88. The Hall–Kier alpha value is -2.05. The predicted octanol–water partition coefficient (Wildman–Crippen LogP) is 2.53. The number of halogens is 1. The van der Waals surface area contributed by atoms with Gasteiger partial charge in [0, 0.05) is 56.7 Å². The normalized spacial score (nSPS) is 16.9. The molecule has 1 fully saturated rings. The fraction of sp³-hybridized carbons (Fsp3) is 0.474. The first-order chi connectivity index (χ1) is 12.0. The van der Waals surface area contributed by atoms with Crippen molar-refractivity contribution < 1.29 is 4.39 Å². The van der Waals surface area contributed by atoms with Gasteiger partial charge in [-0.15, -0.1) is 0 Å². The molecule has 25 heavy (non-hydrogen) atoms. The molecule has 0 saturated carbocycles. The summed E-state index contributed by atoms with van der Waals surface area (Å²) in [5.74, 6) is 0.636. The lowest BCUT2D eigenvalue weighted by Crippen LogP contribution is -2.45. The standard InChI is InChI=1S/C19H26FN5/c1-14-4-5-17(10-18(14)20)15(2)21-11-16-12-22-19(23-13-16)25-8-6-24(3)7-9-25/h4-5,10,12-13,15,21H,6-9,11H2,1-3H3. The number of hydrogen-bond acceptors (Lipinski definition) is 5. The Morgan fingerprint density at radius 2 is 1.84 bits per heavy atom. The number of hydrogen-bond donors (Lipinski definition) is 1. The summed E-state index contributed by atoms with van der Waals surface area (Å²) in [6.07, 6.45) is 3.74. The van der Waals surface area contributed by atoms with Crippen LogP contribution in [0.4, 0.5) is 10.3 Å². The first-order valence-corrected chi connectivity index (χ1v) is 8.77. The second-order valence-corrected chi connectivity index (χ2v) is 6.79. The van der Waals surface area contributed by atoms with Gasteiger partial charge in [-0.1, -0.05) is 12.1 Å². The van der Waals surface area contributed by atoms with Crippen LogP contribution in [0, 0.1) is 12.7 Å². The van der Waals surface area contributed by atoms with Crippen LogP contribution < -0.4 is 10.2 Å². The van der Waals surface area contributed by atoms with Crippen LogP contribution in [0.5, 0.6) is 0 Å². The molecule has 1 aliphatic heterocycles. The SMILES string of the molecule is Cc1ccc(C(C)NCc2cnc(N3CCN(C)CC3)nc2)cc1F. The first-order valence-electron chi connectivity index (χ1n) is 8.77. The Morgan fingerprint density at radius 1 is 1.16 bits per heavy atom. The van der Waals surface area contributed by atoms with E-state index in [0.29, 0.717) is 12.1 Å². The fourth-order valence-corrected chi connectivity index (χ4v) is 2.88. The highest BCUT2D eigenvalue weighted by atomic mass is 19.1. The highest BCUT2D eigenvalue weighted by Gasteiger charge is 2.16. The monoisotopic (exact) mass is 343 g/mol. The largest absolute Gasteiger partial charge is 0.338 e.